The molecule has 9 heteroatoms. The molecule has 0 saturated heterocycles. The third kappa shape index (κ3) is 5.32. The summed E-state index contributed by atoms with van der Waals surface area (Å²) in [7, 11) is 0. The third-order valence-electron chi connectivity index (χ3n) is 2.85. The van der Waals surface area contributed by atoms with Gasteiger partial charge < -0.3 is 5.32 Å². The Kier molecular flexibility index (Phi) is 6.28. The van der Waals surface area contributed by atoms with Gasteiger partial charge in [-0.3, -0.25) is 14.9 Å². The largest absolute Gasteiger partial charge is 0.375 e. The predicted molar refractivity (Wildman–Crippen MR) is 96.5 cm³/mol. The van der Waals surface area contributed by atoms with E-state index in [-0.39, 0.29) is 18.1 Å². The number of nitrogens with one attached hydrogen (secondary N) is 2. The first-order valence-corrected chi connectivity index (χ1v) is 7.88. The van der Waals surface area contributed by atoms with Crippen LogP contribution >= 0.6 is 27.5 Å². The number of hydrogen-bond donors (Lipinski definition) is 2. The topological polar surface area (TPSA) is 96.6 Å². The number of carbonyl (C=O) groups is 1. The molecule has 0 radical (unpaired) electrons. The van der Waals surface area contributed by atoms with Crippen LogP contribution in [-0.2, 0) is 4.79 Å². The normalized spacial score (nSPS) is 10.6. The van der Waals surface area contributed by atoms with E-state index in [9.17, 15) is 14.9 Å². The number of non-ortho nitro benzene ring substituents is 1. The van der Waals surface area contributed by atoms with Gasteiger partial charge in [-0.1, -0.05) is 23.7 Å². The molecule has 0 saturated carbocycles. The van der Waals surface area contributed by atoms with Crippen molar-refractivity contribution in [3.05, 3.63) is 67.6 Å². The monoisotopic (exact) mass is 410 g/mol. The van der Waals surface area contributed by atoms with Crippen LogP contribution in [0.15, 0.2) is 52.0 Å². The lowest BCUT2D eigenvalue weighted by Crippen LogP contribution is -2.26. The molecule has 0 spiro atoms. The Balaban J connectivity index is 1.86. The minimum atomic E-state index is -0.496. The predicted octanol–water partition coefficient (Wildman–Crippen LogP) is 3.57. The van der Waals surface area contributed by atoms with Crippen molar-refractivity contribution in [2.75, 3.05) is 11.9 Å². The van der Waals surface area contributed by atoms with Gasteiger partial charge in [-0.05, 0) is 34.1 Å². The first-order valence-electron chi connectivity index (χ1n) is 6.71. The molecule has 2 aromatic rings. The van der Waals surface area contributed by atoms with Crippen molar-refractivity contribution in [1.82, 2.24) is 5.43 Å². The van der Waals surface area contributed by atoms with Crippen LogP contribution in [0.2, 0.25) is 5.02 Å². The van der Waals surface area contributed by atoms with Crippen LogP contribution in [0.1, 0.15) is 5.56 Å². The van der Waals surface area contributed by atoms with Gasteiger partial charge in [0.15, 0.2) is 0 Å². The molecule has 2 rings (SSSR count). The number of halogens is 2. The van der Waals surface area contributed by atoms with Crippen LogP contribution in [0.3, 0.4) is 0 Å². The van der Waals surface area contributed by atoms with Crippen molar-refractivity contribution in [1.29, 1.82) is 0 Å². The number of nitrogens with zero attached hydrogens (tertiary/aromatic N) is 2. The molecule has 0 heterocycles. The number of carbonyl (C=O) groups excluding carboxylic acids is 1. The molecule has 0 aromatic heterocycles. The molecule has 124 valence electrons. The van der Waals surface area contributed by atoms with Crippen molar-refractivity contribution in [2.24, 2.45) is 5.10 Å². The Morgan fingerprint density at radius 3 is 2.83 bits per heavy atom. The first kappa shape index (κ1) is 17.9. The van der Waals surface area contributed by atoms with Crippen LogP contribution in [0.4, 0.5) is 11.4 Å². The number of benzene rings is 2. The molecule has 0 atom stereocenters. The van der Waals surface area contributed by atoms with E-state index in [1.165, 1.54) is 18.3 Å². The lowest BCUT2D eigenvalue weighted by Gasteiger charge is -2.07. The molecule has 0 bridgehead atoms. The van der Waals surface area contributed by atoms with E-state index < -0.39 is 4.92 Å². The number of hydrogen-bond acceptors (Lipinski definition) is 5. The molecule has 0 fully saturated rings. The van der Waals surface area contributed by atoms with Crippen LogP contribution in [-0.4, -0.2) is 23.6 Å². The molecule has 24 heavy (non-hydrogen) atoms. The lowest BCUT2D eigenvalue weighted by molar-refractivity contribution is -0.384. The Morgan fingerprint density at radius 1 is 1.33 bits per heavy atom. The van der Waals surface area contributed by atoms with Gasteiger partial charge in [0.25, 0.3) is 11.6 Å². The highest BCUT2D eigenvalue weighted by Gasteiger charge is 2.05. The highest BCUT2D eigenvalue weighted by Crippen LogP contribution is 2.25. The summed E-state index contributed by atoms with van der Waals surface area (Å²) >= 11 is 9.17. The smallest absolute Gasteiger partial charge is 0.270 e. The van der Waals surface area contributed by atoms with Crippen LogP contribution in [0.5, 0.6) is 0 Å². The fraction of sp³-hybridized carbons (Fsp3) is 0.0667. The molecule has 7 nitrogen and oxygen atoms in total. The maximum Gasteiger partial charge on any atom is 0.270 e. The Hall–Kier alpha value is -2.45. The van der Waals surface area contributed by atoms with Crippen molar-refractivity contribution in [3.8, 4) is 0 Å². The van der Waals surface area contributed by atoms with E-state index in [0.29, 0.717) is 10.6 Å². The van der Waals surface area contributed by atoms with Gasteiger partial charge >= 0.3 is 0 Å². The number of rotatable bonds is 6. The van der Waals surface area contributed by atoms with Crippen LogP contribution in [0.25, 0.3) is 0 Å². The molecule has 2 aromatic carbocycles. The maximum atomic E-state index is 11.7. The average Bonchev–Trinajstić information content (AvgIpc) is 2.54. The Bertz CT molecular complexity index is 798. The second-order valence-corrected chi connectivity index (χ2v) is 5.91. The van der Waals surface area contributed by atoms with E-state index in [4.69, 9.17) is 11.6 Å². The minimum absolute atomic E-state index is 0.00646. The molecule has 0 aliphatic carbocycles. The summed E-state index contributed by atoms with van der Waals surface area (Å²) in [4.78, 5) is 21.9. The summed E-state index contributed by atoms with van der Waals surface area (Å²) in [5, 5.41) is 18.0. The van der Waals surface area contributed by atoms with Crippen LogP contribution < -0.4 is 10.7 Å². The van der Waals surface area contributed by atoms with Gasteiger partial charge in [-0.25, -0.2) is 5.43 Å². The summed E-state index contributed by atoms with van der Waals surface area (Å²) in [6.07, 6.45) is 1.34. The maximum absolute atomic E-state index is 11.7. The van der Waals surface area contributed by atoms with Gasteiger partial charge in [-0.15, -0.1) is 0 Å². The lowest BCUT2D eigenvalue weighted by atomic mass is 10.2. The van der Waals surface area contributed by atoms with Crippen molar-refractivity contribution >= 4 is 51.0 Å². The summed E-state index contributed by atoms with van der Waals surface area (Å²) in [6, 6.07) is 11.1. The summed E-state index contributed by atoms with van der Waals surface area (Å²) in [5.74, 6) is -0.362. The van der Waals surface area contributed by atoms with Gasteiger partial charge in [-0.2, -0.15) is 5.10 Å². The molecular weight excluding hydrogens is 400 g/mol. The summed E-state index contributed by atoms with van der Waals surface area (Å²) < 4.78 is 0.739. The van der Waals surface area contributed by atoms with E-state index in [0.717, 1.165) is 10.2 Å². The van der Waals surface area contributed by atoms with Gasteiger partial charge in [0.1, 0.15) is 0 Å². The van der Waals surface area contributed by atoms with E-state index in [2.05, 4.69) is 31.8 Å². The highest BCUT2D eigenvalue weighted by atomic mass is 79.9. The molecule has 0 unspecified atom stereocenters. The van der Waals surface area contributed by atoms with Crippen LogP contribution in [0, 0.1) is 10.1 Å². The Morgan fingerprint density at radius 2 is 2.12 bits per heavy atom. The second-order valence-electron chi connectivity index (χ2n) is 4.62. The number of nitro groups is 1. The van der Waals surface area contributed by atoms with Gasteiger partial charge in [0, 0.05) is 32.9 Å². The molecule has 1 amide bonds. The molecular formula is C15H12BrClN4O3. The fourth-order valence-electron chi connectivity index (χ4n) is 1.75. The highest BCUT2D eigenvalue weighted by molar-refractivity contribution is 9.10. The quantitative estimate of drug-likeness (QED) is 0.431. The van der Waals surface area contributed by atoms with Crippen molar-refractivity contribution < 1.29 is 9.72 Å². The minimum Gasteiger partial charge on any atom is -0.375 e. The van der Waals surface area contributed by atoms with E-state index in [1.807, 2.05) is 0 Å². The number of amides is 1. The van der Waals surface area contributed by atoms with Gasteiger partial charge in [0.2, 0.25) is 0 Å². The zero-order chi connectivity index (χ0) is 17.5. The number of hydrazone groups is 1. The van der Waals surface area contributed by atoms with E-state index >= 15 is 0 Å². The van der Waals surface area contributed by atoms with Crippen molar-refractivity contribution in [2.45, 2.75) is 0 Å². The molecule has 2 N–H and O–H groups in total. The average molecular weight is 412 g/mol. The zero-order valence-corrected chi connectivity index (χ0v) is 14.5. The van der Waals surface area contributed by atoms with Gasteiger partial charge in [0.05, 0.1) is 17.7 Å². The zero-order valence-electron chi connectivity index (χ0n) is 12.2. The van der Waals surface area contributed by atoms with E-state index in [1.54, 1.807) is 30.3 Å². The van der Waals surface area contributed by atoms with Crippen molar-refractivity contribution in [3.63, 3.8) is 0 Å². The first-order chi connectivity index (χ1) is 11.5. The number of nitro benzene ring substituents is 1. The standard InChI is InChI=1S/C15H12BrClN4O3/c16-13-7-11(17)4-5-14(13)18-9-15(22)20-19-8-10-2-1-3-12(6-10)21(23)24/h1-8,18H,9H2,(H,20,22)/b19-8-. The number of anilines is 1. The Labute approximate surface area is 151 Å². The SMILES string of the molecule is O=C(CNc1ccc(Cl)cc1Br)N/N=C\c1cccc([N+](=O)[O-])c1. The third-order valence-corrected chi connectivity index (χ3v) is 3.75. The fourth-order valence-corrected chi connectivity index (χ4v) is 2.57. The molecule has 0 aliphatic heterocycles. The molecule has 0 aliphatic rings. The summed E-state index contributed by atoms with van der Waals surface area (Å²) in [6.45, 7) is 0.00646. The summed E-state index contributed by atoms with van der Waals surface area (Å²) in [5.41, 5.74) is 3.53. The second kappa shape index (κ2) is 8.42.